The van der Waals surface area contributed by atoms with Gasteiger partial charge in [0.05, 0.1) is 0 Å². The molecule has 0 saturated heterocycles. The van der Waals surface area contributed by atoms with Gasteiger partial charge < -0.3 is 16.0 Å². The first kappa shape index (κ1) is 20.4. The third-order valence-electron chi connectivity index (χ3n) is 5.41. The fourth-order valence-electron chi connectivity index (χ4n) is 3.44. The summed E-state index contributed by atoms with van der Waals surface area (Å²) in [5.41, 5.74) is 8.12. The largest absolute Gasteiger partial charge is 0.350 e. The molecule has 5 heteroatoms. The highest BCUT2D eigenvalue weighted by atomic mass is 16.2. The van der Waals surface area contributed by atoms with E-state index >= 15 is 0 Å². The molecular weight excluding hydrogens is 326 g/mol. The molecule has 1 heterocycles. The second kappa shape index (κ2) is 9.72. The molecule has 0 aliphatic carbocycles. The van der Waals surface area contributed by atoms with Crippen LogP contribution in [-0.4, -0.2) is 35.3 Å². The molecule has 0 bridgehead atoms. The van der Waals surface area contributed by atoms with Crippen LogP contribution in [0.3, 0.4) is 0 Å². The van der Waals surface area contributed by atoms with Crippen LogP contribution in [0.25, 0.3) is 0 Å². The molecule has 1 aliphatic rings. The van der Waals surface area contributed by atoms with Gasteiger partial charge in [0.2, 0.25) is 11.8 Å². The molecule has 5 nitrogen and oxygen atoms in total. The summed E-state index contributed by atoms with van der Waals surface area (Å²) in [4.78, 5) is 27.7. The number of carbonyl (C=O) groups is 2. The van der Waals surface area contributed by atoms with Gasteiger partial charge >= 0.3 is 0 Å². The van der Waals surface area contributed by atoms with Crippen LogP contribution in [0.2, 0.25) is 0 Å². The Bertz CT molecular complexity index is 617. The van der Waals surface area contributed by atoms with Crippen molar-refractivity contribution in [2.24, 2.45) is 11.7 Å². The number of unbranched alkanes of at least 4 members (excludes halogenated alkanes) is 1. The van der Waals surface area contributed by atoms with Gasteiger partial charge in [0.15, 0.2) is 0 Å². The number of nitrogens with zero attached hydrogens (tertiary/aromatic N) is 1. The Morgan fingerprint density at radius 1 is 1.27 bits per heavy atom. The van der Waals surface area contributed by atoms with Gasteiger partial charge in [-0.3, -0.25) is 9.59 Å². The summed E-state index contributed by atoms with van der Waals surface area (Å²) in [6, 6.07) is 7.59. The van der Waals surface area contributed by atoms with E-state index in [1.165, 1.54) is 0 Å². The molecule has 144 valence electrons. The lowest BCUT2D eigenvalue weighted by Gasteiger charge is -2.38. The number of fused-ring (bicyclic) bond motifs is 1. The zero-order valence-corrected chi connectivity index (χ0v) is 16.3. The van der Waals surface area contributed by atoms with Crippen LogP contribution in [0.15, 0.2) is 24.3 Å². The van der Waals surface area contributed by atoms with Crippen molar-refractivity contribution in [2.75, 3.05) is 6.54 Å². The molecule has 0 radical (unpaired) electrons. The van der Waals surface area contributed by atoms with Gasteiger partial charge in [0.25, 0.3) is 0 Å². The van der Waals surface area contributed by atoms with Gasteiger partial charge in [-0.15, -0.1) is 0 Å². The van der Waals surface area contributed by atoms with Crippen molar-refractivity contribution >= 4 is 11.8 Å². The lowest BCUT2D eigenvalue weighted by molar-refractivity contribution is -0.145. The number of nitrogens with one attached hydrogen (secondary N) is 1. The molecule has 2 rings (SSSR count). The van der Waals surface area contributed by atoms with Crippen molar-refractivity contribution in [2.45, 2.75) is 71.5 Å². The molecule has 0 aromatic heterocycles. The first-order valence-corrected chi connectivity index (χ1v) is 9.89. The van der Waals surface area contributed by atoms with Crippen molar-refractivity contribution in [3.8, 4) is 0 Å². The average Bonchev–Trinajstić information content (AvgIpc) is 2.68. The van der Waals surface area contributed by atoms with E-state index in [1.54, 1.807) is 4.90 Å². The van der Waals surface area contributed by atoms with Crippen LogP contribution < -0.4 is 11.1 Å². The molecule has 0 saturated carbocycles. The maximum Gasteiger partial charge on any atom is 0.243 e. The zero-order chi connectivity index (χ0) is 19.1. The maximum absolute atomic E-state index is 13.0. The van der Waals surface area contributed by atoms with Gasteiger partial charge in [-0.1, -0.05) is 57.9 Å². The second-order valence-corrected chi connectivity index (χ2v) is 7.35. The Morgan fingerprint density at radius 2 is 1.96 bits per heavy atom. The van der Waals surface area contributed by atoms with E-state index in [2.05, 4.69) is 18.3 Å². The van der Waals surface area contributed by atoms with Gasteiger partial charge in [-0.2, -0.15) is 0 Å². The normalized spacial score (nSPS) is 18.8. The minimum Gasteiger partial charge on any atom is -0.350 e. The third kappa shape index (κ3) is 4.85. The Kier molecular flexibility index (Phi) is 7.64. The Hall–Kier alpha value is -1.88. The monoisotopic (exact) mass is 359 g/mol. The fourth-order valence-corrected chi connectivity index (χ4v) is 3.44. The lowest BCUT2D eigenvalue weighted by atomic mass is 9.91. The van der Waals surface area contributed by atoms with Crippen molar-refractivity contribution in [1.82, 2.24) is 10.2 Å². The summed E-state index contributed by atoms with van der Waals surface area (Å²) in [6.45, 7) is 6.99. The molecule has 1 aromatic carbocycles. The highest BCUT2D eigenvalue weighted by molar-refractivity contribution is 5.89. The minimum absolute atomic E-state index is 0.0276. The predicted octanol–water partition coefficient (Wildman–Crippen LogP) is 2.62. The van der Waals surface area contributed by atoms with E-state index < -0.39 is 6.04 Å². The van der Waals surface area contributed by atoms with Crippen LogP contribution in [0.1, 0.15) is 57.6 Å². The summed E-state index contributed by atoms with van der Waals surface area (Å²) in [5.74, 6) is -0.108. The van der Waals surface area contributed by atoms with Crippen LogP contribution in [0, 0.1) is 5.92 Å². The molecule has 3 unspecified atom stereocenters. The van der Waals surface area contributed by atoms with E-state index in [9.17, 15) is 9.59 Å². The first-order valence-electron chi connectivity index (χ1n) is 9.89. The van der Waals surface area contributed by atoms with Gasteiger partial charge in [-0.05, 0) is 24.0 Å². The number of nitrogens with two attached hydrogens (primary N) is 1. The summed E-state index contributed by atoms with van der Waals surface area (Å²) in [6.07, 6.45) is 4.32. The van der Waals surface area contributed by atoms with Crippen molar-refractivity contribution in [3.63, 3.8) is 0 Å². The minimum atomic E-state index is -0.456. The van der Waals surface area contributed by atoms with Crippen molar-refractivity contribution in [1.29, 1.82) is 0 Å². The third-order valence-corrected chi connectivity index (χ3v) is 5.41. The van der Waals surface area contributed by atoms with E-state index in [4.69, 9.17) is 5.73 Å². The molecular formula is C21H33N3O2. The molecule has 3 atom stereocenters. The molecule has 1 aliphatic heterocycles. The smallest absolute Gasteiger partial charge is 0.243 e. The standard InChI is InChI=1S/C21H33N3O2/c1-4-6-11-18(13-22)23-20(25)19-12-16-9-7-8-10-17(16)14-24(19)21(26)15(3)5-2/h7-10,15,18-19H,4-6,11-14,22H2,1-3H3,(H,23,25). The van der Waals surface area contributed by atoms with Crippen LogP contribution >= 0.6 is 0 Å². The topological polar surface area (TPSA) is 75.4 Å². The summed E-state index contributed by atoms with van der Waals surface area (Å²) in [5, 5.41) is 3.09. The Morgan fingerprint density at radius 3 is 2.58 bits per heavy atom. The number of carbonyl (C=O) groups excluding carboxylic acids is 2. The highest BCUT2D eigenvalue weighted by Gasteiger charge is 2.36. The van der Waals surface area contributed by atoms with Crippen molar-refractivity contribution in [3.05, 3.63) is 35.4 Å². The fraction of sp³-hybridized carbons (Fsp3) is 0.619. The Labute approximate surface area is 157 Å². The van der Waals surface area contributed by atoms with E-state index in [0.717, 1.165) is 36.8 Å². The summed E-state index contributed by atoms with van der Waals surface area (Å²) < 4.78 is 0. The molecule has 26 heavy (non-hydrogen) atoms. The highest BCUT2D eigenvalue weighted by Crippen LogP contribution is 2.25. The first-order chi connectivity index (χ1) is 12.5. The molecule has 0 spiro atoms. The van der Waals surface area contributed by atoms with E-state index in [1.807, 2.05) is 32.0 Å². The van der Waals surface area contributed by atoms with Gasteiger partial charge in [0, 0.05) is 31.5 Å². The average molecular weight is 360 g/mol. The van der Waals surface area contributed by atoms with Gasteiger partial charge in [0.1, 0.15) is 6.04 Å². The molecule has 1 aromatic rings. The SMILES string of the molecule is CCCCC(CN)NC(=O)C1Cc2ccccc2CN1C(=O)C(C)CC. The molecule has 2 amide bonds. The second-order valence-electron chi connectivity index (χ2n) is 7.35. The van der Waals surface area contributed by atoms with Crippen LogP contribution in [0.4, 0.5) is 0 Å². The van der Waals surface area contributed by atoms with Crippen LogP contribution in [-0.2, 0) is 22.6 Å². The van der Waals surface area contributed by atoms with E-state index in [0.29, 0.717) is 19.5 Å². The Balaban J connectivity index is 2.20. The number of rotatable bonds is 8. The summed E-state index contributed by atoms with van der Waals surface area (Å²) >= 11 is 0. The quantitative estimate of drug-likeness (QED) is 0.749. The molecule has 3 N–H and O–H groups in total. The summed E-state index contributed by atoms with van der Waals surface area (Å²) in [7, 11) is 0. The molecule has 0 fully saturated rings. The number of hydrogen-bond acceptors (Lipinski definition) is 3. The number of amides is 2. The maximum atomic E-state index is 13.0. The van der Waals surface area contributed by atoms with Crippen LogP contribution in [0.5, 0.6) is 0 Å². The predicted molar refractivity (Wildman–Crippen MR) is 104 cm³/mol. The number of benzene rings is 1. The number of hydrogen-bond donors (Lipinski definition) is 2. The lowest BCUT2D eigenvalue weighted by Crippen LogP contribution is -2.56. The van der Waals surface area contributed by atoms with E-state index in [-0.39, 0.29) is 23.8 Å². The zero-order valence-electron chi connectivity index (χ0n) is 16.3. The van der Waals surface area contributed by atoms with Crippen molar-refractivity contribution < 1.29 is 9.59 Å². The van der Waals surface area contributed by atoms with Gasteiger partial charge in [-0.25, -0.2) is 0 Å².